The monoisotopic (exact) mass is 237 g/mol. The lowest BCUT2D eigenvalue weighted by atomic mass is 9.94. The predicted octanol–water partition coefficient (Wildman–Crippen LogP) is 0.815. The summed E-state index contributed by atoms with van der Waals surface area (Å²) >= 11 is 0. The van der Waals surface area contributed by atoms with E-state index in [0.29, 0.717) is 6.42 Å². The van der Waals surface area contributed by atoms with Crippen LogP contribution in [0.15, 0.2) is 0 Å². The van der Waals surface area contributed by atoms with Crippen LogP contribution >= 0.6 is 0 Å². The van der Waals surface area contributed by atoms with Gasteiger partial charge in [0.2, 0.25) is 10.0 Å². The third-order valence-corrected chi connectivity index (χ3v) is 3.30. The highest BCUT2D eigenvalue weighted by atomic mass is 32.2. The molecule has 5 nitrogen and oxygen atoms in total. The second-order valence-electron chi connectivity index (χ2n) is 4.81. The van der Waals surface area contributed by atoms with Crippen molar-refractivity contribution in [2.24, 2.45) is 5.41 Å². The van der Waals surface area contributed by atoms with Crippen LogP contribution in [0, 0.1) is 5.41 Å². The molecule has 0 saturated heterocycles. The second kappa shape index (κ2) is 4.94. The van der Waals surface area contributed by atoms with E-state index < -0.39 is 22.0 Å². The Labute approximate surface area is 90.9 Å². The van der Waals surface area contributed by atoms with Gasteiger partial charge in [-0.3, -0.25) is 4.79 Å². The standard InChI is InChI=1S/C9H19NO4S/c1-7(8(11)12)10-15(13,14)6-5-9(2,3)4/h7,10H,5-6H2,1-4H3,(H,11,12). The molecule has 0 radical (unpaired) electrons. The molecule has 6 heteroatoms. The molecule has 15 heavy (non-hydrogen) atoms. The third-order valence-electron chi connectivity index (χ3n) is 1.85. The summed E-state index contributed by atoms with van der Waals surface area (Å²) in [5, 5.41) is 8.55. The second-order valence-corrected chi connectivity index (χ2v) is 6.68. The minimum absolute atomic E-state index is 0.0475. The fourth-order valence-corrected chi connectivity index (χ4v) is 2.46. The number of sulfonamides is 1. The minimum atomic E-state index is -3.49. The lowest BCUT2D eigenvalue weighted by molar-refractivity contribution is -0.138. The summed E-state index contributed by atoms with van der Waals surface area (Å²) in [6.45, 7) is 7.10. The van der Waals surface area contributed by atoms with Gasteiger partial charge in [0, 0.05) is 0 Å². The van der Waals surface area contributed by atoms with Gasteiger partial charge in [-0.05, 0) is 18.8 Å². The molecule has 0 rings (SSSR count). The Hall–Kier alpha value is -0.620. The Morgan fingerprint density at radius 3 is 2.20 bits per heavy atom. The van der Waals surface area contributed by atoms with Gasteiger partial charge in [-0.1, -0.05) is 20.8 Å². The molecule has 0 saturated carbocycles. The van der Waals surface area contributed by atoms with E-state index in [2.05, 4.69) is 4.72 Å². The highest BCUT2D eigenvalue weighted by Gasteiger charge is 2.21. The molecule has 0 spiro atoms. The molecule has 0 aliphatic carbocycles. The SMILES string of the molecule is CC(NS(=O)(=O)CCC(C)(C)C)C(=O)O. The number of hydrogen-bond acceptors (Lipinski definition) is 3. The Morgan fingerprint density at radius 1 is 1.40 bits per heavy atom. The maximum atomic E-state index is 11.4. The molecule has 0 heterocycles. The molecular weight excluding hydrogens is 218 g/mol. The number of carboxylic acids is 1. The molecule has 90 valence electrons. The van der Waals surface area contributed by atoms with Gasteiger partial charge in [-0.15, -0.1) is 0 Å². The maximum Gasteiger partial charge on any atom is 0.321 e. The summed E-state index contributed by atoms with van der Waals surface area (Å²) in [7, 11) is -3.49. The number of rotatable bonds is 5. The summed E-state index contributed by atoms with van der Waals surface area (Å²) in [4.78, 5) is 10.5. The number of carbonyl (C=O) groups is 1. The highest BCUT2D eigenvalue weighted by Crippen LogP contribution is 2.18. The van der Waals surface area contributed by atoms with E-state index in [-0.39, 0.29) is 11.2 Å². The molecule has 1 unspecified atom stereocenters. The zero-order valence-corrected chi connectivity index (χ0v) is 10.4. The lowest BCUT2D eigenvalue weighted by Gasteiger charge is -2.18. The van der Waals surface area contributed by atoms with Gasteiger partial charge >= 0.3 is 5.97 Å². The summed E-state index contributed by atoms with van der Waals surface area (Å²) in [6, 6.07) is -1.07. The first-order valence-electron chi connectivity index (χ1n) is 4.76. The van der Waals surface area contributed by atoms with Crippen LogP contribution in [0.1, 0.15) is 34.1 Å². The predicted molar refractivity (Wildman–Crippen MR) is 58.1 cm³/mol. The van der Waals surface area contributed by atoms with Crippen LogP contribution in [-0.4, -0.2) is 31.3 Å². The molecule has 0 fully saturated rings. The zero-order chi connectivity index (χ0) is 12.3. The van der Waals surface area contributed by atoms with Gasteiger partial charge in [0.05, 0.1) is 5.75 Å². The molecule has 0 aromatic heterocycles. The number of carboxylic acid groups (broad SMARTS) is 1. The number of aliphatic carboxylic acids is 1. The molecule has 0 aliphatic heterocycles. The quantitative estimate of drug-likeness (QED) is 0.741. The Kier molecular flexibility index (Phi) is 4.73. The molecule has 0 bridgehead atoms. The molecule has 1 atom stereocenters. The van der Waals surface area contributed by atoms with Gasteiger partial charge in [0.15, 0.2) is 0 Å². The molecule has 2 N–H and O–H groups in total. The molecule has 0 aromatic carbocycles. The van der Waals surface area contributed by atoms with Gasteiger partial charge in [-0.2, -0.15) is 0 Å². The summed E-state index contributed by atoms with van der Waals surface area (Å²) in [6.07, 6.45) is 0.495. The fraction of sp³-hybridized carbons (Fsp3) is 0.889. The first kappa shape index (κ1) is 14.4. The first-order valence-corrected chi connectivity index (χ1v) is 6.41. The van der Waals surface area contributed by atoms with E-state index in [0.717, 1.165) is 0 Å². The number of hydrogen-bond donors (Lipinski definition) is 2. The van der Waals surface area contributed by atoms with Crippen LogP contribution in [0.25, 0.3) is 0 Å². The van der Waals surface area contributed by atoms with Gasteiger partial charge in [-0.25, -0.2) is 13.1 Å². The average Bonchev–Trinajstić information content (AvgIpc) is 1.99. The first-order chi connectivity index (χ1) is 6.53. The van der Waals surface area contributed by atoms with E-state index >= 15 is 0 Å². The van der Waals surface area contributed by atoms with Crippen molar-refractivity contribution in [2.45, 2.75) is 40.2 Å². The van der Waals surface area contributed by atoms with Crippen LogP contribution in [0.5, 0.6) is 0 Å². The summed E-state index contributed by atoms with van der Waals surface area (Å²) in [5.41, 5.74) is -0.0821. The van der Waals surface area contributed by atoms with E-state index in [1.54, 1.807) is 0 Å². The van der Waals surface area contributed by atoms with Crippen molar-refractivity contribution in [1.82, 2.24) is 4.72 Å². The molecular formula is C9H19NO4S. The van der Waals surface area contributed by atoms with Crippen molar-refractivity contribution < 1.29 is 18.3 Å². The normalized spacial score (nSPS) is 14.9. The smallest absolute Gasteiger partial charge is 0.321 e. The van der Waals surface area contributed by atoms with Crippen molar-refractivity contribution in [3.05, 3.63) is 0 Å². The van der Waals surface area contributed by atoms with Gasteiger partial charge in [0.25, 0.3) is 0 Å². The minimum Gasteiger partial charge on any atom is -0.480 e. The zero-order valence-electron chi connectivity index (χ0n) is 9.57. The number of nitrogens with one attached hydrogen (secondary N) is 1. The van der Waals surface area contributed by atoms with E-state index in [1.165, 1.54) is 6.92 Å². The third kappa shape index (κ3) is 7.33. The molecule has 0 aliphatic rings. The van der Waals surface area contributed by atoms with E-state index in [9.17, 15) is 13.2 Å². The largest absolute Gasteiger partial charge is 0.480 e. The fourth-order valence-electron chi connectivity index (χ4n) is 0.819. The van der Waals surface area contributed by atoms with Crippen LogP contribution in [0.4, 0.5) is 0 Å². The van der Waals surface area contributed by atoms with Crippen LogP contribution in [-0.2, 0) is 14.8 Å². The Morgan fingerprint density at radius 2 is 1.87 bits per heavy atom. The summed E-state index contributed by atoms with van der Waals surface area (Å²) < 4.78 is 24.9. The topological polar surface area (TPSA) is 83.5 Å². The molecule has 0 aromatic rings. The Bertz CT molecular complexity index is 315. The van der Waals surface area contributed by atoms with Crippen molar-refractivity contribution in [1.29, 1.82) is 0 Å². The maximum absolute atomic E-state index is 11.4. The van der Waals surface area contributed by atoms with Crippen molar-refractivity contribution >= 4 is 16.0 Å². The van der Waals surface area contributed by atoms with E-state index in [4.69, 9.17) is 5.11 Å². The van der Waals surface area contributed by atoms with Crippen molar-refractivity contribution in [3.8, 4) is 0 Å². The summed E-state index contributed by atoms with van der Waals surface area (Å²) in [5.74, 6) is -1.22. The lowest BCUT2D eigenvalue weighted by Crippen LogP contribution is -2.40. The van der Waals surface area contributed by atoms with Crippen LogP contribution in [0.2, 0.25) is 0 Å². The van der Waals surface area contributed by atoms with Gasteiger partial charge < -0.3 is 5.11 Å². The van der Waals surface area contributed by atoms with Crippen molar-refractivity contribution in [2.75, 3.05) is 5.75 Å². The Balaban J connectivity index is 4.27. The van der Waals surface area contributed by atoms with Gasteiger partial charge in [0.1, 0.15) is 6.04 Å². The van der Waals surface area contributed by atoms with Crippen molar-refractivity contribution in [3.63, 3.8) is 0 Å². The van der Waals surface area contributed by atoms with Crippen LogP contribution < -0.4 is 4.72 Å². The van der Waals surface area contributed by atoms with Crippen LogP contribution in [0.3, 0.4) is 0 Å². The van der Waals surface area contributed by atoms with E-state index in [1.807, 2.05) is 20.8 Å². The highest BCUT2D eigenvalue weighted by molar-refractivity contribution is 7.89. The average molecular weight is 237 g/mol. The molecule has 0 amide bonds.